The van der Waals surface area contributed by atoms with Crippen molar-refractivity contribution in [1.82, 2.24) is 0 Å². The van der Waals surface area contributed by atoms with E-state index in [9.17, 15) is 4.39 Å². The lowest BCUT2D eigenvalue weighted by atomic mass is 10.1. The van der Waals surface area contributed by atoms with Crippen molar-refractivity contribution in [2.75, 3.05) is 0 Å². The zero-order valence-electron chi connectivity index (χ0n) is 11.6. The maximum Gasteiger partial charge on any atom is 0.124 e. The van der Waals surface area contributed by atoms with Crippen molar-refractivity contribution in [2.24, 2.45) is 5.73 Å². The smallest absolute Gasteiger partial charge is 0.124 e. The molecule has 1 unspecified atom stereocenters. The number of benzene rings is 2. The van der Waals surface area contributed by atoms with E-state index in [-0.39, 0.29) is 18.5 Å². The van der Waals surface area contributed by atoms with Crippen LogP contribution in [0.1, 0.15) is 18.1 Å². The quantitative estimate of drug-likeness (QED) is 0.825. The van der Waals surface area contributed by atoms with E-state index in [1.165, 1.54) is 12.1 Å². The molecule has 0 bridgehead atoms. The van der Waals surface area contributed by atoms with Crippen molar-refractivity contribution in [3.63, 3.8) is 0 Å². The molecule has 0 heterocycles. The highest BCUT2D eigenvalue weighted by atomic mass is 79.9. The van der Waals surface area contributed by atoms with Gasteiger partial charge in [-0.05, 0) is 60.9 Å². The first kappa shape index (κ1) is 16.3. The van der Waals surface area contributed by atoms with E-state index >= 15 is 0 Å². The summed E-state index contributed by atoms with van der Waals surface area (Å²) in [5.41, 5.74) is 7.54. The maximum atomic E-state index is 13.3. The highest BCUT2D eigenvalue weighted by Crippen LogP contribution is 2.25. The van der Waals surface area contributed by atoms with Gasteiger partial charge in [0.15, 0.2) is 0 Å². The van der Waals surface area contributed by atoms with Gasteiger partial charge in [-0.15, -0.1) is 0 Å². The number of ether oxygens (including phenoxy) is 1. The Morgan fingerprint density at radius 2 is 2.05 bits per heavy atom. The van der Waals surface area contributed by atoms with Gasteiger partial charge in [-0.2, -0.15) is 0 Å². The summed E-state index contributed by atoms with van der Waals surface area (Å²) in [6, 6.07) is 10.1. The van der Waals surface area contributed by atoms with Crippen molar-refractivity contribution in [3.05, 3.63) is 62.8 Å². The fraction of sp³-hybridized carbons (Fsp3) is 0.250. The molecular weight excluding hydrogens is 357 g/mol. The monoisotopic (exact) mass is 371 g/mol. The molecule has 112 valence electrons. The van der Waals surface area contributed by atoms with Gasteiger partial charge >= 0.3 is 0 Å². The predicted molar refractivity (Wildman–Crippen MR) is 87.2 cm³/mol. The summed E-state index contributed by atoms with van der Waals surface area (Å²) in [5, 5.41) is 0.645. The van der Waals surface area contributed by atoms with Gasteiger partial charge in [0.25, 0.3) is 0 Å². The largest absolute Gasteiger partial charge is 0.489 e. The normalized spacial score (nSPS) is 12.2. The lowest BCUT2D eigenvalue weighted by Gasteiger charge is -2.14. The van der Waals surface area contributed by atoms with Crippen molar-refractivity contribution >= 4 is 27.5 Å². The Morgan fingerprint density at radius 3 is 2.71 bits per heavy atom. The summed E-state index contributed by atoms with van der Waals surface area (Å²) >= 11 is 9.27. The van der Waals surface area contributed by atoms with Crippen LogP contribution in [-0.2, 0) is 13.0 Å². The van der Waals surface area contributed by atoms with Crippen LogP contribution in [0.25, 0.3) is 0 Å². The molecule has 21 heavy (non-hydrogen) atoms. The van der Waals surface area contributed by atoms with Crippen LogP contribution >= 0.6 is 27.5 Å². The number of rotatable bonds is 5. The maximum absolute atomic E-state index is 13.3. The van der Waals surface area contributed by atoms with Gasteiger partial charge in [0.2, 0.25) is 0 Å². The minimum atomic E-state index is -0.296. The molecule has 2 aromatic rings. The Kier molecular flexibility index (Phi) is 5.62. The molecule has 0 spiro atoms. The zero-order valence-corrected chi connectivity index (χ0v) is 13.9. The van der Waals surface area contributed by atoms with Gasteiger partial charge in [0, 0.05) is 15.5 Å². The highest BCUT2D eigenvalue weighted by Gasteiger charge is 2.08. The van der Waals surface area contributed by atoms with Gasteiger partial charge in [-0.3, -0.25) is 0 Å². The SMILES string of the molecule is CC(N)Cc1cc(Cl)ccc1OCc1cc(F)cc(Br)c1. The average Bonchev–Trinajstić information content (AvgIpc) is 2.36. The second kappa shape index (κ2) is 7.25. The Bertz CT molecular complexity index is 613. The Morgan fingerprint density at radius 1 is 1.29 bits per heavy atom. The van der Waals surface area contributed by atoms with Gasteiger partial charge < -0.3 is 10.5 Å². The van der Waals surface area contributed by atoms with Crippen LogP contribution in [-0.4, -0.2) is 6.04 Å². The molecule has 2 rings (SSSR count). The molecule has 0 aliphatic carbocycles. The summed E-state index contributed by atoms with van der Waals surface area (Å²) in [4.78, 5) is 0. The number of hydrogen-bond acceptors (Lipinski definition) is 2. The fourth-order valence-corrected chi connectivity index (χ4v) is 2.76. The van der Waals surface area contributed by atoms with Crippen molar-refractivity contribution in [1.29, 1.82) is 0 Å². The van der Waals surface area contributed by atoms with Crippen molar-refractivity contribution in [3.8, 4) is 5.75 Å². The lowest BCUT2D eigenvalue weighted by molar-refractivity contribution is 0.301. The van der Waals surface area contributed by atoms with Crippen LogP contribution in [0.15, 0.2) is 40.9 Å². The van der Waals surface area contributed by atoms with Crippen LogP contribution in [0.5, 0.6) is 5.75 Å². The first-order valence-electron chi connectivity index (χ1n) is 6.56. The molecular formula is C16H16BrClFNO. The van der Waals surface area contributed by atoms with Crippen LogP contribution in [0, 0.1) is 5.82 Å². The third kappa shape index (κ3) is 4.99. The molecule has 2 N–H and O–H groups in total. The average molecular weight is 373 g/mol. The summed E-state index contributed by atoms with van der Waals surface area (Å²) in [5.74, 6) is 0.423. The fourth-order valence-electron chi connectivity index (χ4n) is 2.05. The minimum absolute atomic E-state index is 0.00845. The predicted octanol–water partition coefficient (Wildman–Crippen LogP) is 4.71. The molecule has 0 fully saturated rings. The first-order valence-corrected chi connectivity index (χ1v) is 7.73. The molecule has 5 heteroatoms. The van der Waals surface area contributed by atoms with Crippen molar-refractivity contribution < 1.29 is 9.13 Å². The van der Waals surface area contributed by atoms with Crippen LogP contribution < -0.4 is 10.5 Å². The van der Waals surface area contributed by atoms with E-state index in [2.05, 4.69) is 15.9 Å². The van der Waals surface area contributed by atoms with E-state index in [4.69, 9.17) is 22.1 Å². The molecule has 2 aromatic carbocycles. The number of halogens is 3. The Labute approximate surface area is 137 Å². The van der Waals surface area contributed by atoms with E-state index in [1.807, 2.05) is 25.1 Å². The molecule has 2 nitrogen and oxygen atoms in total. The topological polar surface area (TPSA) is 35.2 Å². The molecule has 0 aromatic heterocycles. The summed E-state index contributed by atoms with van der Waals surface area (Å²) in [7, 11) is 0. The van der Waals surface area contributed by atoms with E-state index in [0.29, 0.717) is 15.9 Å². The summed E-state index contributed by atoms with van der Waals surface area (Å²) in [6.07, 6.45) is 0.669. The molecule has 1 atom stereocenters. The van der Waals surface area contributed by atoms with Crippen LogP contribution in [0.2, 0.25) is 5.02 Å². The lowest BCUT2D eigenvalue weighted by Crippen LogP contribution is -2.18. The first-order chi connectivity index (χ1) is 9.94. The van der Waals surface area contributed by atoms with E-state index < -0.39 is 0 Å². The van der Waals surface area contributed by atoms with E-state index in [1.54, 1.807) is 6.07 Å². The summed E-state index contributed by atoms with van der Waals surface area (Å²) in [6.45, 7) is 2.21. The van der Waals surface area contributed by atoms with Crippen molar-refractivity contribution in [2.45, 2.75) is 26.0 Å². The second-order valence-corrected chi connectivity index (χ2v) is 6.35. The second-order valence-electron chi connectivity index (χ2n) is 5.00. The molecule has 0 aliphatic heterocycles. The van der Waals surface area contributed by atoms with Crippen LogP contribution in [0.4, 0.5) is 4.39 Å². The standard InChI is InChI=1S/C16H16BrClFNO/c1-10(20)4-12-7-14(18)2-3-16(12)21-9-11-5-13(17)8-15(19)6-11/h2-3,5-8,10H,4,9,20H2,1H3. The third-order valence-corrected chi connectivity index (χ3v) is 3.57. The third-order valence-electron chi connectivity index (χ3n) is 2.88. The van der Waals surface area contributed by atoms with Gasteiger partial charge in [-0.25, -0.2) is 4.39 Å². The summed E-state index contributed by atoms with van der Waals surface area (Å²) < 4.78 is 19.8. The van der Waals surface area contributed by atoms with E-state index in [0.717, 1.165) is 16.9 Å². The molecule has 0 saturated heterocycles. The zero-order chi connectivity index (χ0) is 15.4. The highest BCUT2D eigenvalue weighted by molar-refractivity contribution is 9.10. The minimum Gasteiger partial charge on any atom is -0.489 e. The molecule has 0 aliphatic rings. The van der Waals surface area contributed by atoms with Gasteiger partial charge in [0.1, 0.15) is 18.2 Å². The Balaban J connectivity index is 2.15. The molecule has 0 radical (unpaired) electrons. The Hall–Kier alpha value is -1.10. The van der Waals surface area contributed by atoms with Gasteiger partial charge in [-0.1, -0.05) is 27.5 Å². The number of nitrogens with two attached hydrogens (primary N) is 1. The van der Waals surface area contributed by atoms with Crippen LogP contribution in [0.3, 0.4) is 0 Å². The molecule has 0 saturated carbocycles. The molecule has 0 amide bonds. The number of hydrogen-bond donors (Lipinski definition) is 1. The van der Waals surface area contributed by atoms with Gasteiger partial charge in [0.05, 0.1) is 0 Å².